The number of carbonyl (C=O) groups is 1. The molecule has 2 aliphatic carbocycles. The van der Waals surface area contributed by atoms with E-state index in [4.69, 9.17) is 12.2 Å². The number of likely N-dealkylation sites (tertiary alicyclic amines) is 1. The molecule has 0 aromatic rings. The van der Waals surface area contributed by atoms with Crippen LogP contribution in [-0.4, -0.2) is 28.8 Å². The summed E-state index contributed by atoms with van der Waals surface area (Å²) in [6, 6.07) is 0. The van der Waals surface area contributed by atoms with Crippen LogP contribution in [0, 0.1) is 17.8 Å². The molecular formula is C24H41NOS. The number of hydrogen-bond acceptors (Lipinski definition) is 2. The first-order valence-electron chi connectivity index (χ1n) is 12.0. The topological polar surface area (TPSA) is 20.3 Å². The molecule has 2 saturated carbocycles. The van der Waals surface area contributed by atoms with E-state index in [1.165, 1.54) is 81.9 Å². The van der Waals surface area contributed by atoms with Crippen molar-refractivity contribution < 1.29 is 4.79 Å². The number of amides is 1. The Morgan fingerprint density at radius 2 is 1.48 bits per heavy atom. The molecule has 2 nitrogen and oxygen atoms in total. The zero-order valence-electron chi connectivity index (χ0n) is 17.4. The van der Waals surface area contributed by atoms with Crippen molar-refractivity contribution >= 4 is 23.0 Å². The van der Waals surface area contributed by atoms with E-state index in [1.54, 1.807) is 0 Å². The van der Waals surface area contributed by atoms with Gasteiger partial charge in [-0.1, -0.05) is 70.0 Å². The minimum Gasteiger partial charge on any atom is -0.342 e. The van der Waals surface area contributed by atoms with Crippen LogP contribution in [-0.2, 0) is 4.79 Å². The second-order valence-corrected chi connectivity index (χ2v) is 10.2. The standard InChI is InChI=1S/C24H41NOS/c26-24(25-18-17-21-11-7-8-12-22(21)19-25)14-6-2-5-13-23(27)16-15-20-9-3-1-4-10-20/h20-22H,1-19H2. The van der Waals surface area contributed by atoms with Gasteiger partial charge in [0.05, 0.1) is 0 Å². The number of carbonyl (C=O) groups excluding carboxylic acids is 1. The molecule has 1 amide bonds. The van der Waals surface area contributed by atoms with Gasteiger partial charge in [0.2, 0.25) is 5.91 Å². The third-order valence-corrected chi connectivity index (χ3v) is 7.95. The van der Waals surface area contributed by atoms with E-state index in [0.717, 1.165) is 62.9 Å². The van der Waals surface area contributed by atoms with Crippen LogP contribution >= 0.6 is 12.2 Å². The Morgan fingerprint density at radius 1 is 0.778 bits per heavy atom. The van der Waals surface area contributed by atoms with Gasteiger partial charge in [0.25, 0.3) is 0 Å². The number of fused-ring (bicyclic) bond motifs is 1. The first-order chi connectivity index (χ1) is 13.2. The van der Waals surface area contributed by atoms with E-state index in [0.29, 0.717) is 5.91 Å². The molecule has 0 radical (unpaired) electrons. The van der Waals surface area contributed by atoms with E-state index >= 15 is 0 Å². The van der Waals surface area contributed by atoms with E-state index in [2.05, 4.69) is 4.90 Å². The molecule has 3 rings (SSSR count). The molecule has 154 valence electrons. The van der Waals surface area contributed by atoms with Gasteiger partial charge in [0, 0.05) is 19.5 Å². The monoisotopic (exact) mass is 391 g/mol. The van der Waals surface area contributed by atoms with Crippen LogP contribution < -0.4 is 0 Å². The highest BCUT2D eigenvalue weighted by Gasteiger charge is 2.32. The molecule has 2 unspecified atom stereocenters. The average molecular weight is 392 g/mol. The van der Waals surface area contributed by atoms with Gasteiger partial charge in [-0.15, -0.1) is 0 Å². The van der Waals surface area contributed by atoms with Crippen molar-refractivity contribution in [1.29, 1.82) is 0 Å². The number of hydrogen-bond donors (Lipinski definition) is 0. The number of nitrogens with zero attached hydrogens (tertiary/aromatic N) is 1. The van der Waals surface area contributed by atoms with Gasteiger partial charge >= 0.3 is 0 Å². The van der Waals surface area contributed by atoms with Gasteiger partial charge in [-0.3, -0.25) is 4.79 Å². The second kappa shape index (κ2) is 11.5. The summed E-state index contributed by atoms with van der Waals surface area (Å²) < 4.78 is 0. The number of rotatable bonds is 9. The lowest BCUT2D eigenvalue weighted by Crippen LogP contribution is -2.44. The maximum atomic E-state index is 12.5. The van der Waals surface area contributed by atoms with Gasteiger partial charge in [-0.05, 0) is 67.6 Å². The molecule has 3 heteroatoms. The molecule has 3 fully saturated rings. The summed E-state index contributed by atoms with van der Waals surface area (Å²) in [5, 5.41) is 0. The first kappa shape index (κ1) is 21.3. The highest BCUT2D eigenvalue weighted by molar-refractivity contribution is 7.80. The van der Waals surface area contributed by atoms with Crippen molar-refractivity contribution in [3.8, 4) is 0 Å². The lowest BCUT2D eigenvalue weighted by atomic mass is 9.75. The Kier molecular flexibility index (Phi) is 9.09. The molecule has 0 bridgehead atoms. The maximum absolute atomic E-state index is 12.5. The summed E-state index contributed by atoms with van der Waals surface area (Å²) in [6.07, 6.45) is 21.7. The molecular weight excluding hydrogens is 350 g/mol. The van der Waals surface area contributed by atoms with Gasteiger partial charge in [0.15, 0.2) is 0 Å². The molecule has 27 heavy (non-hydrogen) atoms. The van der Waals surface area contributed by atoms with Crippen molar-refractivity contribution in [3.05, 3.63) is 0 Å². The third kappa shape index (κ3) is 7.15. The highest BCUT2D eigenvalue weighted by atomic mass is 32.1. The van der Waals surface area contributed by atoms with Crippen LogP contribution in [0.15, 0.2) is 0 Å². The summed E-state index contributed by atoms with van der Waals surface area (Å²) >= 11 is 5.61. The van der Waals surface area contributed by atoms with Crippen molar-refractivity contribution in [1.82, 2.24) is 4.90 Å². The largest absolute Gasteiger partial charge is 0.342 e. The van der Waals surface area contributed by atoms with Gasteiger partial charge < -0.3 is 4.90 Å². The second-order valence-electron chi connectivity index (χ2n) is 9.58. The fourth-order valence-corrected chi connectivity index (χ4v) is 5.99. The van der Waals surface area contributed by atoms with Gasteiger partial charge in [-0.2, -0.15) is 0 Å². The summed E-state index contributed by atoms with van der Waals surface area (Å²) in [7, 11) is 0. The van der Waals surface area contributed by atoms with Crippen molar-refractivity contribution in [2.24, 2.45) is 17.8 Å². The molecule has 3 aliphatic rings. The number of piperidine rings is 1. The predicted octanol–water partition coefficient (Wildman–Crippen LogP) is 6.71. The van der Waals surface area contributed by atoms with Gasteiger partial charge in [-0.25, -0.2) is 0 Å². The summed E-state index contributed by atoms with van der Waals surface area (Å²) in [4.78, 5) is 16.0. The van der Waals surface area contributed by atoms with Crippen molar-refractivity contribution in [3.63, 3.8) is 0 Å². The summed E-state index contributed by atoms with van der Waals surface area (Å²) in [6.45, 7) is 2.07. The van der Waals surface area contributed by atoms with E-state index in [-0.39, 0.29) is 0 Å². The Hall–Kier alpha value is -0.440. The molecule has 0 spiro atoms. The van der Waals surface area contributed by atoms with Crippen LogP contribution in [0.2, 0.25) is 0 Å². The fraction of sp³-hybridized carbons (Fsp3) is 0.917. The van der Waals surface area contributed by atoms with Crippen LogP contribution in [0.25, 0.3) is 0 Å². The minimum atomic E-state index is 0.416. The smallest absolute Gasteiger partial charge is 0.222 e. The average Bonchev–Trinajstić information content (AvgIpc) is 2.72. The van der Waals surface area contributed by atoms with Crippen molar-refractivity contribution in [2.75, 3.05) is 13.1 Å². The van der Waals surface area contributed by atoms with Crippen molar-refractivity contribution in [2.45, 2.75) is 109 Å². The van der Waals surface area contributed by atoms with Crippen LogP contribution in [0.5, 0.6) is 0 Å². The molecule has 2 atom stereocenters. The maximum Gasteiger partial charge on any atom is 0.222 e. The minimum absolute atomic E-state index is 0.416. The number of unbranched alkanes of at least 4 members (excludes halogenated alkanes) is 2. The first-order valence-corrected chi connectivity index (χ1v) is 12.4. The van der Waals surface area contributed by atoms with Crippen LogP contribution in [0.3, 0.4) is 0 Å². The SMILES string of the molecule is O=C(CCCCCC(=S)CCC1CCCCC1)N1CCC2CCCCC2C1. The Balaban J connectivity index is 1.21. The normalized spacial score (nSPS) is 26.6. The molecule has 0 aromatic heterocycles. The summed E-state index contributed by atoms with van der Waals surface area (Å²) in [5.41, 5.74) is 0. The van der Waals surface area contributed by atoms with Crippen LogP contribution in [0.4, 0.5) is 0 Å². The van der Waals surface area contributed by atoms with E-state index < -0.39 is 0 Å². The number of thiocarbonyl (C=S) groups is 1. The molecule has 0 N–H and O–H groups in total. The molecule has 1 aliphatic heterocycles. The van der Waals surface area contributed by atoms with E-state index in [9.17, 15) is 4.79 Å². The van der Waals surface area contributed by atoms with Crippen LogP contribution in [0.1, 0.15) is 109 Å². The lowest BCUT2D eigenvalue weighted by molar-refractivity contribution is -0.134. The highest BCUT2D eigenvalue weighted by Crippen LogP contribution is 2.36. The fourth-order valence-electron chi connectivity index (χ4n) is 5.73. The quantitative estimate of drug-likeness (QED) is 0.322. The Labute approximate surface area is 172 Å². The van der Waals surface area contributed by atoms with E-state index in [1.807, 2.05) is 0 Å². The molecule has 1 saturated heterocycles. The zero-order valence-corrected chi connectivity index (χ0v) is 18.2. The predicted molar refractivity (Wildman–Crippen MR) is 118 cm³/mol. The molecule has 0 aromatic carbocycles. The zero-order chi connectivity index (χ0) is 18.9. The molecule has 1 heterocycles. The Morgan fingerprint density at radius 3 is 2.30 bits per heavy atom. The Bertz CT molecular complexity index is 471. The summed E-state index contributed by atoms with van der Waals surface area (Å²) in [5.74, 6) is 3.08. The third-order valence-electron chi connectivity index (χ3n) is 7.55. The van der Waals surface area contributed by atoms with Gasteiger partial charge in [0.1, 0.15) is 0 Å². The lowest BCUT2D eigenvalue weighted by Gasteiger charge is -2.41.